The molecule has 0 saturated heterocycles. The van der Waals surface area contributed by atoms with E-state index in [9.17, 15) is 0 Å². The topological polar surface area (TPSA) is 51.8 Å². The molecule has 0 fully saturated rings. The Kier molecular flexibility index (Phi) is 5.10. The Labute approximate surface area is 123 Å². The zero-order chi connectivity index (χ0) is 11.7. The first kappa shape index (κ1) is 15.2. The minimum atomic E-state index is 0. The minimum absolute atomic E-state index is 0. The number of hydrogen-bond acceptors (Lipinski definition) is 3. The largest absolute Gasteiger partial charge is 0.383 e. The molecule has 0 aliphatic carbocycles. The highest BCUT2D eigenvalue weighted by atomic mass is 35.5. The Morgan fingerprint density at radius 2 is 1.74 bits per heavy atom. The molecule has 3 rings (SSSR count). The average Bonchev–Trinajstić information content (AvgIpc) is 2.40. The van der Waals surface area contributed by atoms with Gasteiger partial charge in [0.05, 0.1) is 5.69 Å². The van der Waals surface area contributed by atoms with Crippen molar-refractivity contribution in [1.29, 1.82) is 0 Å². The molecule has 0 radical (unpaired) electrons. The van der Waals surface area contributed by atoms with Gasteiger partial charge in [0.15, 0.2) is 0 Å². The Morgan fingerprint density at radius 3 is 2.47 bits per heavy atom. The van der Waals surface area contributed by atoms with Gasteiger partial charge in [0.1, 0.15) is 5.82 Å². The number of anilines is 1. The van der Waals surface area contributed by atoms with Gasteiger partial charge in [-0.1, -0.05) is 24.3 Å². The standard InChI is InChI=1S/C14H11N3.2ClH/c15-14-12-6-2-1-4-10(12)8-13(17-14)11-5-3-7-16-9-11;;/h1-9H,(H2,15,17);2*1H. The fourth-order valence-corrected chi connectivity index (χ4v) is 1.89. The number of benzene rings is 1. The molecule has 3 aromatic rings. The molecule has 0 aliphatic rings. The van der Waals surface area contributed by atoms with Crippen LogP contribution in [-0.4, -0.2) is 9.97 Å². The molecule has 98 valence electrons. The fourth-order valence-electron chi connectivity index (χ4n) is 1.89. The van der Waals surface area contributed by atoms with Crippen LogP contribution in [0, 0.1) is 0 Å². The number of nitrogens with two attached hydrogens (primary N) is 1. The maximum Gasteiger partial charge on any atom is 0.131 e. The van der Waals surface area contributed by atoms with Crippen LogP contribution in [0.5, 0.6) is 0 Å². The molecular formula is C14H13Cl2N3. The molecule has 0 amide bonds. The summed E-state index contributed by atoms with van der Waals surface area (Å²) in [5, 5.41) is 2.08. The maximum absolute atomic E-state index is 5.96. The molecule has 19 heavy (non-hydrogen) atoms. The van der Waals surface area contributed by atoms with Gasteiger partial charge in [-0.25, -0.2) is 4.98 Å². The van der Waals surface area contributed by atoms with Gasteiger partial charge in [-0.2, -0.15) is 0 Å². The first-order valence-electron chi connectivity index (χ1n) is 5.40. The lowest BCUT2D eigenvalue weighted by Crippen LogP contribution is -1.94. The van der Waals surface area contributed by atoms with Crippen molar-refractivity contribution in [3.8, 4) is 11.3 Å². The molecule has 0 unspecified atom stereocenters. The predicted molar refractivity (Wildman–Crippen MR) is 83.9 cm³/mol. The molecule has 1 aromatic carbocycles. The number of fused-ring (bicyclic) bond motifs is 1. The molecule has 5 heteroatoms. The van der Waals surface area contributed by atoms with Crippen LogP contribution in [0.25, 0.3) is 22.0 Å². The van der Waals surface area contributed by atoms with E-state index in [0.29, 0.717) is 5.82 Å². The van der Waals surface area contributed by atoms with Crippen molar-refractivity contribution in [1.82, 2.24) is 9.97 Å². The van der Waals surface area contributed by atoms with Gasteiger partial charge in [0, 0.05) is 23.3 Å². The summed E-state index contributed by atoms with van der Waals surface area (Å²) in [6.07, 6.45) is 3.53. The second-order valence-corrected chi connectivity index (χ2v) is 3.86. The highest BCUT2D eigenvalue weighted by Crippen LogP contribution is 2.25. The van der Waals surface area contributed by atoms with Crippen LogP contribution in [0.4, 0.5) is 5.82 Å². The smallest absolute Gasteiger partial charge is 0.131 e. The Hall–Kier alpha value is -1.84. The third-order valence-electron chi connectivity index (χ3n) is 2.73. The van der Waals surface area contributed by atoms with E-state index in [0.717, 1.165) is 22.0 Å². The predicted octanol–water partition coefficient (Wildman–Crippen LogP) is 3.72. The van der Waals surface area contributed by atoms with Gasteiger partial charge in [0.2, 0.25) is 0 Å². The van der Waals surface area contributed by atoms with Gasteiger partial charge < -0.3 is 5.73 Å². The van der Waals surface area contributed by atoms with E-state index in [2.05, 4.69) is 9.97 Å². The van der Waals surface area contributed by atoms with E-state index >= 15 is 0 Å². The molecule has 2 aromatic heterocycles. The van der Waals surface area contributed by atoms with Crippen LogP contribution in [0.15, 0.2) is 54.9 Å². The third kappa shape index (κ3) is 2.95. The molecule has 3 nitrogen and oxygen atoms in total. The van der Waals surface area contributed by atoms with Crippen molar-refractivity contribution in [2.45, 2.75) is 0 Å². The minimum Gasteiger partial charge on any atom is -0.383 e. The Balaban J connectivity index is 0.000000902. The Morgan fingerprint density at radius 1 is 0.947 bits per heavy atom. The normalized spacial score (nSPS) is 9.47. The first-order chi connectivity index (χ1) is 8.34. The average molecular weight is 294 g/mol. The zero-order valence-corrected chi connectivity index (χ0v) is 11.6. The second-order valence-electron chi connectivity index (χ2n) is 3.86. The van der Waals surface area contributed by atoms with Crippen LogP contribution in [0.2, 0.25) is 0 Å². The van der Waals surface area contributed by atoms with Crippen molar-refractivity contribution in [3.63, 3.8) is 0 Å². The number of nitrogen functional groups attached to an aromatic ring is 1. The van der Waals surface area contributed by atoms with E-state index in [-0.39, 0.29) is 24.8 Å². The summed E-state index contributed by atoms with van der Waals surface area (Å²) in [6, 6.07) is 13.9. The Bertz CT molecular complexity index is 672. The summed E-state index contributed by atoms with van der Waals surface area (Å²) in [7, 11) is 0. The van der Waals surface area contributed by atoms with Gasteiger partial charge in [0.25, 0.3) is 0 Å². The SMILES string of the molecule is Cl.Cl.Nc1nc(-c2cccnc2)cc2ccccc12. The van der Waals surface area contributed by atoms with Crippen LogP contribution >= 0.6 is 24.8 Å². The molecule has 0 aliphatic heterocycles. The van der Waals surface area contributed by atoms with E-state index in [4.69, 9.17) is 5.73 Å². The lowest BCUT2D eigenvalue weighted by atomic mass is 10.1. The van der Waals surface area contributed by atoms with Crippen molar-refractivity contribution in [2.75, 3.05) is 5.73 Å². The third-order valence-corrected chi connectivity index (χ3v) is 2.73. The summed E-state index contributed by atoms with van der Waals surface area (Å²) >= 11 is 0. The van der Waals surface area contributed by atoms with Gasteiger partial charge in [-0.3, -0.25) is 4.98 Å². The van der Waals surface area contributed by atoms with Crippen molar-refractivity contribution >= 4 is 41.4 Å². The van der Waals surface area contributed by atoms with Crippen molar-refractivity contribution in [2.24, 2.45) is 0 Å². The van der Waals surface area contributed by atoms with Gasteiger partial charge >= 0.3 is 0 Å². The summed E-state index contributed by atoms with van der Waals surface area (Å²) in [5.41, 5.74) is 7.80. The lowest BCUT2D eigenvalue weighted by Gasteiger charge is -2.05. The second kappa shape index (κ2) is 6.36. The number of nitrogens with zero attached hydrogens (tertiary/aromatic N) is 2. The molecule has 2 heterocycles. The lowest BCUT2D eigenvalue weighted by molar-refractivity contribution is 1.29. The van der Waals surface area contributed by atoms with Crippen molar-refractivity contribution in [3.05, 3.63) is 54.9 Å². The van der Waals surface area contributed by atoms with Gasteiger partial charge in [-0.05, 0) is 23.6 Å². The highest BCUT2D eigenvalue weighted by molar-refractivity contribution is 5.93. The van der Waals surface area contributed by atoms with E-state index in [1.807, 2.05) is 42.5 Å². The molecule has 0 spiro atoms. The number of rotatable bonds is 1. The number of hydrogen-bond donors (Lipinski definition) is 1. The van der Waals surface area contributed by atoms with E-state index in [1.165, 1.54) is 0 Å². The molecule has 0 saturated carbocycles. The maximum atomic E-state index is 5.96. The van der Waals surface area contributed by atoms with Crippen LogP contribution in [0.3, 0.4) is 0 Å². The first-order valence-corrected chi connectivity index (χ1v) is 5.40. The molecular weight excluding hydrogens is 281 g/mol. The summed E-state index contributed by atoms with van der Waals surface area (Å²) in [5.74, 6) is 0.557. The summed E-state index contributed by atoms with van der Waals surface area (Å²) in [4.78, 5) is 8.50. The monoisotopic (exact) mass is 293 g/mol. The van der Waals surface area contributed by atoms with Crippen molar-refractivity contribution < 1.29 is 0 Å². The van der Waals surface area contributed by atoms with E-state index in [1.54, 1.807) is 12.4 Å². The van der Waals surface area contributed by atoms with Crippen LogP contribution in [-0.2, 0) is 0 Å². The van der Waals surface area contributed by atoms with E-state index < -0.39 is 0 Å². The van der Waals surface area contributed by atoms with Gasteiger partial charge in [-0.15, -0.1) is 24.8 Å². The van der Waals surface area contributed by atoms with Crippen LogP contribution in [0.1, 0.15) is 0 Å². The fraction of sp³-hybridized carbons (Fsp3) is 0. The number of pyridine rings is 2. The van der Waals surface area contributed by atoms with Crippen LogP contribution < -0.4 is 5.73 Å². The summed E-state index contributed by atoms with van der Waals surface area (Å²) in [6.45, 7) is 0. The molecule has 0 atom stereocenters. The number of halogens is 2. The molecule has 0 bridgehead atoms. The highest BCUT2D eigenvalue weighted by Gasteiger charge is 2.04. The summed E-state index contributed by atoms with van der Waals surface area (Å²) < 4.78 is 0. The quantitative estimate of drug-likeness (QED) is 0.744. The zero-order valence-electron chi connectivity index (χ0n) is 9.98. The molecule has 2 N–H and O–H groups in total. The number of aromatic nitrogens is 2.